The van der Waals surface area contributed by atoms with Gasteiger partial charge in [0.1, 0.15) is 5.69 Å². The molecule has 0 spiro atoms. The van der Waals surface area contributed by atoms with Gasteiger partial charge in [0.05, 0.1) is 17.2 Å². The van der Waals surface area contributed by atoms with Crippen molar-refractivity contribution in [3.8, 4) is 11.5 Å². The Kier molecular flexibility index (Phi) is 3.62. The molecule has 0 aliphatic carbocycles. The summed E-state index contributed by atoms with van der Waals surface area (Å²) in [6, 6.07) is 1.54. The van der Waals surface area contributed by atoms with E-state index in [1.165, 1.54) is 12.3 Å². The van der Waals surface area contributed by atoms with Gasteiger partial charge in [-0.2, -0.15) is 0 Å². The van der Waals surface area contributed by atoms with Crippen molar-refractivity contribution in [1.82, 2.24) is 14.5 Å². The highest BCUT2D eigenvalue weighted by Gasteiger charge is 2.14. The zero-order valence-electron chi connectivity index (χ0n) is 10.1. The van der Waals surface area contributed by atoms with E-state index in [2.05, 4.69) is 9.97 Å². The molecule has 0 aromatic carbocycles. The summed E-state index contributed by atoms with van der Waals surface area (Å²) < 4.78 is 6.68. The minimum Gasteiger partial charge on any atom is -0.462 e. The number of carbonyl (C=O) groups is 1. The van der Waals surface area contributed by atoms with Crippen molar-refractivity contribution >= 4 is 17.6 Å². The SMILES string of the molecule is CCOC(=O)c1cnc(-c2nccn2C)c(Cl)c1. The van der Waals surface area contributed by atoms with Crippen molar-refractivity contribution in [3.63, 3.8) is 0 Å². The summed E-state index contributed by atoms with van der Waals surface area (Å²) >= 11 is 6.11. The number of hydrogen-bond donors (Lipinski definition) is 0. The largest absolute Gasteiger partial charge is 0.462 e. The summed E-state index contributed by atoms with van der Waals surface area (Å²) in [4.78, 5) is 19.8. The molecular weight excluding hydrogens is 254 g/mol. The average Bonchev–Trinajstić information content (AvgIpc) is 2.75. The van der Waals surface area contributed by atoms with Crippen molar-refractivity contribution in [2.45, 2.75) is 6.92 Å². The fraction of sp³-hybridized carbons (Fsp3) is 0.250. The van der Waals surface area contributed by atoms with E-state index < -0.39 is 5.97 Å². The van der Waals surface area contributed by atoms with E-state index in [0.29, 0.717) is 28.7 Å². The van der Waals surface area contributed by atoms with Crippen LogP contribution in [0.1, 0.15) is 17.3 Å². The van der Waals surface area contributed by atoms with E-state index in [-0.39, 0.29) is 0 Å². The van der Waals surface area contributed by atoms with Crippen LogP contribution in [-0.4, -0.2) is 27.1 Å². The van der Waals surface area contributed by atoms with Gasteiger partial charge in [0.25, 0.3) is 0 Å². The number of halogens is 1. The molecule has 0 radical (unpaired) electrons. The lowest BCUT2D eigenvalue weighted by Crippen LogP contribution is -2.06. The van der Waals surface area contributed by atoms with E-state index in [4.69, 9.17) is 16.3 Å². The standard InChI is InChI=1S/C12H12ClN3O2/c1-3-18-12(17)8-6-9(13)10(15-7-8)11-14-4-5-16(11)2/h4-7H,3H2,1-2H3. The van der Waals surface area contributed by atoms with Crippen LogP contribution in [-0.2, 0) is 11.8 Å². The Morgan fingerprint density at radius 1 is 1.50 bits per heavy atom. The molecule has 2 rings (SSSR count). The number of carbonyl (C=O) groups excluding carboxylic acids is 1. The summed E-state index contributed by atoms with van der Waals surface area (Å²) in [5.74, 6) is 0.216. The maximum Gasteiger partial charge on any atom is 0.339 e. The predicted octanol–water partition coefficient (Wildman–Crippen LogP) is 2.31. The number of imidazole rings is 1. The Balaban J connectivity index is 2.37. The number of aromatic nitrogens is 3. The first-order valence-corrected chi connectivity index (χ1v) is 5.81. The number of nitrogens with zero attached hydrogens (tertiary/aromatic N) is 3. The van der Waals surface area contributed by atoms with Crippen LogP contribution in [0.2, 0.25) is 5.02 Å². The Hall–Kier alpha value is -1.88. The van der Waals surface area contributed by atoms with E-state index in [1.54, 1.807) is 23.9 Å². The molecule has 0 saturated carbocycles. The summed E-state index contributed by atoms with van der Waals surface area (Å²) in [6.45, 7) is 2.06. The third-order valence-corrected chi connectivity index (χ3v) is 2.67. The molecule has 0 aliphatic heterocycles. The Labute approximate surface area is 109 Å². The number of hydrogen-bond acceptors (Lipinski definition) is 4. The van der Waals surface area contributed by atoms with Crippen LogP contribution < -0.4 is 0 Å². The Morgan fingerprint density at radius 3 is 2.83 bits per heavy atom. The van der Waals surface area contributed by atoms with Gasteiger partial charge in [0.15, 0.2) is 5.82 Å². The van der Waals surface area contributed by atoms with Gasteiger partial charge in [0.2, 0.25) is 0 Å². The van der Waals surface area contributed by atoms with Crippen LogP contribution >= 0.6 is 11.6 Å². The van der Waals surface area contributed by atoms with Gasteiger partial charge < -0.3 is 9.30 Å². The number of aryl methyl sites for hydroxylation is 1. The highest BCUT2D eigenvalue weighted by Crippen LogP contribution is 2.24. The molecule has 0 unspecified atom stereocenters. The van der Waals surface area contributed by atoms with Gasteiger partial charge in [-0.3, -0.25) is 4.98 Å². The molecular formula is C12H12ClN3O2. The summed E-state index contributed by atoms with van der Waals surface area (Å²) in [5, 5.41) is 0.370. The second kappa shape index (κ2) is 5.18. The van der Waals surface area contributed by atoms with Gasteiger partial charge in [0, 0.05) is 25.6 Å². The number of rotatable bonds is 3. The van der Waals surface area contributed by atoms with E-state index in [0.717, 1.165) is 0 Å². The lowest BCUT2D eigenvalue weighted by molar-refractivity contribution is 0.0526. The minimum absolute atomic E-state index is 0.317. The lowest BCUT2D eigenvalue weighted by atomic mass is 10.2. The first-order chi connectivity index (χ1) is 8.63. The molecule has 0 fully saturated rings. The van der Waals surface area contributed by atoms with Crippen molar-refractivity contribution in [1.29, 1.82) is 0 Å². The fourth-order valence-electron chi connectivity index (χ4n) is 1.52. The quantitative estimate of drug-likeness (QED) is 0.799. The molecule has 0 amide bonds. The predicted molar refractivity (Wildman–Crippen MR) is 67.4 cm³/mol. The molecule has 5 nitrogen and oxygen atoms in total. The van der Waals surface area contributed by atoms with Gasteiger partial charge in [-0.15, -0.1) is 0 Å². The van der Waals surface area contributed by atoms with E-state index >= 15 is 0 Å². The highest BCUT2D eigenvalue weighted by atomic mass is 35.5. The second-order valence-corrected chi connectivity index (χ2v) is 4.04. The molecule has 2 aromatic rings. The summed E-state index contributed by atoms with van der Waals surface area (Å²) in [6.07, 6.45) is 4.90. The summed E-state index contributed by atoms with van der Waals surface area (Å²) in [5.41, 5.74) is 0.872. The normalized spacial score (nSPS) is 10.4. The van der Waals surface area contributed by atoms with Crippen LogP contribution in [0.5, 0.6) is 0 Å². The summed E-state index contributed by atoms with van der Waals surface area (Å²) in [7, 11) is 1.85. The average molecular weight is 266 g/mol. The molecule has 0 saturated heterocycles. The van der Waals surface area contributed by atoms with Crippen LogP contribution in [0, 0.1) is 0 Å². The number of esters is 1. The van der Waals surface area contributed by atoms with Crippen LogP contribution in [0.25, 0.3) is 11.5 Å². The molecule has 0 aliphatic rings. The molecule has 6 heteroatoms. The zero-order chi connectivity index (χ0) is 13.1. The Morgan fingerprint density at radius 2 is 2.28 bits per heavy atom. The number of pyridine rings is 1. The third kappa shape index (κ3) is 2.36. The second-order valence-electron chi connectivity index (χ2n) is 3.64. The molecule has 0 atom stereocenters. The van der Waals surface area contributed by atoms with Gasteiger partial charge >= 0.3 is 5.97 Å². The molecule has 18 heavy (non-hydrogen) atoms. The van der Waals surface area contributed by atoms with Gasteiger partial charge in [-0.1, -0.05) is 11.6 Å². The molecule has 2 aromatic heterocycles. The smallest absolute Gasteiger partial charge is 0.339 e. The zero-order valence-corrected chi connectivity index (χ0v) is 10.8. The van der Waals surface area contributed by atoms with Crippen LogP contribution in [0.3, 0.4) is 0 Å². The van der Waals surface area contributed by atoms with Crippen LogP contribution in [0.15, 0.2) is 24.7 Å². The lowest BCUT2D eigenvalue weighted by Gasteiger charge is -2.06. The van der Waals surface area contributed by atoms with Crippen molar-refractivity contribution in [3.05, 3.63) is 35.2 Å². The number of ether oxygens (including phenoxy) is 1. The van der Waals surface area contributed by atoms with E-state index in [9.17, 15) is 4.79 Å². The van der Waals surface area contributed by atoms with Crippen molar-refractivity contribution in [2.75, 3.05) is 6.61 Å². The first-order valence-electron chi connectivity index (χ1n) is 5.44. The maximum absolute atomic E-state index is 11.5. The van der Waals surface area contributed by atoms with Gasteiger partial charge in [-0.05, 0) is 13.0 Å². The van der Waals surface area contributed by atoms with Crippen LogP contribution in [0.4, 0.5) is 0 Å². The first kappa shape index (κ1) is 12.6. The maximum atomic E-state index is 11.5. The van der Waals surface area contributed by atoms with Crippen molar-refractivity contribution < 1.29 is 9.53 Å². The van der Waals surface area contributed by atoms with E-state index in [1.807, 2.05) is 7.05 Å². The molecule has 2 heterocycles. The van der Waals surface area contributed by atoms with Gasteiger partial charge in [-0.25, -0.2) is 9.78 Å². The third-order valence-electron chi connectivity index (χ3n) is 2.39. The highest BCUT2D eigenvalue weighted by molar-refractivity contribution is 6.33. The monoisotopic (exact) mass is 265 g/mol. The topological polar surface area (TPSA) is 57.0 Å². The molecule has 0 bridgehead atoms. The minimum atomic E-state index is -0.432. The van der Waals surface area contributed by atoms with Crippen molar-refractivity contribution in [2.24, 2.45) is 7.05 Å². The fourth-order valence-corrected chi connectivity index (χ4v) is 1.77. The molecule has 94 valence electrons. The molecule has 0 N–H and O–H groups in total. The Bertz CT molecular complexity index is 580.